The number of carbonyl (C=O) groups excluding carboxylic acids is 1. The Bertz CT molecular complexity index is 187. The van der Waals surface area contributed by atoms with Crippen molar-refractivity contribution >= 4 is 5.97 Å². The Morgan fingerprint density at radius 1 is 1.33 bits per heavy atom. The maximum Gasteiger partial charge on any atom is 0.322 e. The van der Waals surface area contributed by atoms with E-state index in [0.29, 0.717) is 13.0 Å². The van der Waals surface area contributed by atoms with Crippen LogP contribution in [0, 0.1) is 0 Å². The average Bonchev–Trinajstić information content (AvgIpc) is 2.11. The van der Waals surface area contributed by atoms with Gasteiger partial charge in [-0.2, -0.15) is 0 Å². The monoisotopic (exact) mass is 217 g/mol. The smallest absolute Gasteiger partial charge is 0.322 e. The van der Waals surface area contributed by atoms with E-state index in [-0.39, 0.29) is 18.2 Å². The summed E-state index contributed by atoms with van der Waals surface area (Å²) < 4.78 is 10.4. The first kappa shape index (κ1) is 14.4. The van der Waals surface area contributed by atoms with Crippen LogP contribution < -0.4 is 5.73 Å². The second-order valence-electron chi connectivity index (χ2n) is 4.52. The highest BCUT2D eigenvalue weighted by Gasteiger charge is 2.14. The zero-order chi connectivity index (χ0) is 11.9. The summed E-state index contributed by atoms with van der Waals surface area (Å²) in [5, 5.41) is 0. The molecule has 0 aromatic rings. The van der Waals surface area contributed by atoms with E-state index in [4.69, 9.17) is 15.2 Å². The number of hydrogen-bond acceptors (Lipinski definition) is 4. The van der Waals surface area contributed by atoms with Gasteiger partial charge in [0.15, 0.2) is 0 Å². The highest BCUT2D eigenvalue weighted by Crippen LogP contribution is 2.05. The van der Waals surface area contributed by atoms with Gasteiger partial charge in [0.05, 0.1) is 12.2 Å². The highest BCUT2D eigenvalue weighted by molar-refractivity contribution is 5.75. The van der Waals surface area contributed by atoms with Crippen LogP contribution in [0.3, 0.4) is 0 Å². The topological polar surface area (TPSA) is 61.6 Å². The van der Waals surface area contributed by atoms with Gasteiger partial charge in [0.25, 0.3) is 0 Å². The summed E-state index contributed by atoms with van der Waals surface area (Å²) >= 11 is 0. The number of hydrogen-bond donors (Lipinski definition) is 1. The second-order valence-corrected chi connectivity index (χ2v) is 4.52. The van der Waals surface area contributed by atoms with Crippen molar-refractivity contribution in [2.24, 2.45) is 5.73 Å². The van der Waals surface area contributed by atoms with Crippen molar-refractivity contribution in [3.63, 3.8) is 0 Å². The number of esters is 1. The van der Waals surface area contributed by atoms with E-state index >= 15 is 0 Å². The normalized spacial score (nSPS) is 13.7. The number of nitrogens with two attached hydrogens (primary N) is 1. The predicted molar refractivity (Wildman–Crippen MR) is 59.5 cm³/mol. The van der Waals surface area contributed by atoms with E-state index in [1.54, 1.807) is 0 Å². The molecule has 0 rings (SSSR count). The molecule has 90 valence electrons. The summed E-state index contributed by atoms with van der Waals surface area (Å²) in [5.41, 5.74) is 5.38. The molecule has 0 radical (unpaired) electrons. The minimum absolute atomic E-state index is 0.196. The zero-order valence-electron chi connectivity index (χ0n) is 10.2. The Kier molecular flexibility index (Phi) is 6.52. The Hall–Kier alpha value is -0.610. The van der Waals surface area contributed by atoms with Gasteiger partial charge in [-0.05, 0) is 27.2 Å². The first-order valence-electron chi connectivity index (χ1n) is 5.43. The van der Waals surface area contributed by atoms with Crippen molar-refractivity contribution in [1.29, 1.82) is 0 Å². The summed E-state index contributed by atoms with van der Waals surface area (Å²) in [5.74, 6) is -0.339. The molecule has 0 saturated carbocycles. The molecular formula is C11H23NO3. The summed E-state index contributed by atoms with van der Waals surface area (Å²) in [7, 11) is 0. The van der Waals surface area contributed by atoms with Crippen LogP contribution in [0.1, 0.15) is 40.5 Å². The number of ether oxygens (including phenoxy) is 2. The van der Waals surface area contributed by atoms with Crippen LogP contribution in [0.15, 0.2) is 0 Å². The van der Waals surface area contributed by atoms with E-state index in [9.17, 15) is 4.79 Å². The van der Waals surface area contributed by atoms with Crippen LogP contribution in [-0.4, -0.2) is 30.8 Å². The number of carbonyl (C=O) groups is 1. The molecular weight excluding hydrogens is 194 g/mol. The summed E-state index contributed by atoms with van der Waals surface area (Å²) in [6.45, 7) is 8.53. The van der Waals surface area contributed by atoms with Crippen molar-refractivity contribution in [3.05, 3.63) is 0 Å². The maximum atomic E-state index is 11.3. The van der Waals surface area contributed by atoms with Gasteiger partial charge in [0.2, 0.25) is 0 Å². The molecule has 0 aliphatic carbocycles. The van der Waals surface area contributed by atoms with Crippen molar-refractivity contribution < 1.29 is 14.3 Å². The fourth-order valence-corrected chi connectivity index (χ4v) is 1.03. The van der Waals surface area contributed by atoms with Crippen molar-refractivity contribution in [2.75, 3.05) is 13.2 Å². The third kappa shape index (κ3) is 8.39. The van der Waals surface area contributed by atoms with Gasteiger partial charge in [-0.3, -0.25) is 4.79 Å². The molecule has 0 fully saturated rings. The lowest BCUT2D eigenvalue weighted by Gasteiger charge is -2.19. The molecule has 0 heterocycles. The quantitative estimate of drug-likeness (QED) is 0.540. The van der Waals surface area contributed by atoms with E-state index in [0.717, 1.165) is 6.42 Å². The second kappa shape index (κ2) is 6.80. The van der Waals surface area contributed by atoms with Gasteiger partial charge < -0.3 is 15.2 Å². The van der Waals surface area contributed by atoms with Crippen molar-refractivity contribution in [3.8, 4) is 0 Å². The lowest BCUT2D eigenvalue weighted by atomic mass is 10.2. The lowest BCUT2D eigenvalue weighted by Crippen LogP contribution is -2.33. The Balaban J connectivity index is 3.55. The predicted octanol–water partition coefficient (Wildman–Crippen LogP) is 1.47. The van der Waals surface area contributed by atoms with Gasteiger partial charge in [-0.1, -0.05) is 13.3 Å². The third-order valence-electron chi connectivity index (χ3n) is 1.77. The van der Waals surface area contributed by atoms with Gasteiger partial charge in [0.1, 0.15) is 12.6 Å². The van der Waals surface area contributed by atoms with Crippen LogP contribution in [0.4, 0.5) is 0 Å². The maximum absolute atomic E-state index is 11.3. The van der Waals surface area contributed by atoms with Crippen LogP contribution in [0.25, 0.3) is 0 Å². The Morgan fingerprint density at radius 2 is 1.93 bits per heavy atom. The molecule has 15 heavy (non-hydrogen) atoms. The van der Waals surface area contributed by atoms with Gasteiger partial charge in [-0.25, -0.2) is 0 Å². The molecule has 0 aromatic heterocycles. The van der Waals surface area contributed by atoms with E-state index in [1.807, 2.05) is 27.7 Å². The Labute approximate surface area is 92.1 Å². The first-order valence-corrected chi connectivity index (χ1v) is 5.43. The molecule has 4 nitrogen and oxygen atoms in total. The highest BCUT2D eigenvalue weighted by atomic mass is 16.6. The Morgan fingerprint density at radius 3 is 2.40 bits per heavy atom. The molecule has 0 aromatic carbocycles. The molecule has 0 amide bonds. The SMILES string of the molecule is CCC[C@H](N)C(=O)OCCOC(C)(C)C. The number of rotatable bonds is 6. The van der Waals surface area contributed by atoms with Gasteiger partial charge >= 0.3 is 5.97 Å². The molecule has 1 atom stereocenters. The standard InChI is InChI=1S/C11H23NO3/c1-5-6-9(12)10(13)14-7-8-15-11(2,3)4/h9H,5-8,12H2,1-4H3/t9-/m0/s1. The molecule has 0 bridgehead atoms. The minimum atomic E-state index is -0.496. The van der Waals surface area contributed by atoms with Gasteiger partial charge in [0, 0.05) is 0 Å². The molecule has 0 unspecified atom stereocenters. The zero-order valence-corrected chi connectivity index (χ0v) is 10.2. The van der Waals surface area contributed by atoms with E-state index in [2.05, 4.69) is 0 Å². The van der Waals surface area contributed by atoms with E-state index in [1.165, 1.54) is 0 Å². The van der Waals surface area contributed by atoms with Crippen LogP contribution in [-0.2, 0) is 14.3 Å². The van der Waals surface area contributed by atoms with Gasteiger partial charge in [-0.15, -0.1) is 0 Å². The van der Waals surface area contributed by atoms with Crippen molar-refractivity contribution in [1.82, 2.24) is 0 Å². The largest absolute Gasteiger partial charge is 0.462 e. The van der Waals surface area contributed by atoms with Crippen LogP contribution in [0.5, 0.6) is 0 Å². The molecule has 4 heteroatoms. The molecule has 0 spiro atoms. The van der Waals surface area contributed by atoms with Crippen LogP contribution in [0.2, 0.25) is 0 Å². The average molecular weight is 217 g/mol. The van der Waals surface area contributed by atoms with Crippen LogP contribution >= 0.6 is 0 Å². The first-order chi connectivity index (χ1) is 6.87. The molecule has 0 aliphatic heterocycles. The fourth-order valence-electron chi connectivity index (χ4n) is 1.03. The third-order valence-corrected chi connectivity index (χ3v) is 1.77. The summed E-state index contributed by atoms with van der Waals surface area (Å²) in [4.78, 5) is 11.3. The lowest BCUT2D eigenvalue weighted by molar-refractivity contribution is -0.148. The molecule has 0 saturated heterocycles. The molecule has 2 N–H and O–H groups in total. The van der Waals surface area contributed by atoms with E-state index < -0.39 is 6.04 Å². The van der Waals surface area contributed by atoms with Crippen molar-refractivity contribution in [2.45, 2.75) is 52.2 Å². The molecule has 0 aliphatic rings. The fraction of sp³-hybridized carbons (Fsp3) is 0.909. The minimum Gasteiger partial charge on any atom is -0.462 e. The summed E-state index contributed by atoms with van der Waals surface area (Å²) in [6, 6.07) is -0.496. The summed E-state index contributed by atoms with van der Waals surface area (Å²) in [6.07, 6.45) is 1.55.